The Morgan fingerprint density at radius 1 is 1.08 bits per heavy atom. The molecule has 0 unspecified atom stereocenters. The van der Waals surface area contributed by atoms with Gasteiger partial charge in [0.25, 0.3) is 5.78 Å². The van der Waals surface area contributed by atoms with Gasteiger partial charge >= 0.3 is 0 Å². The summed E-state index contributed by atoms with van der Waals surface area (Å²) in [6, 6.07) is 2.09. The first-order valence-electron chi connectivity index (χ1n) is 8.89. The highest BCUT2D eigenvalue weighted by atomic mass is 15.4. The minimum absolute atomic E-state index is 0.671. The predicted molar refractivity (Wildman–Crippen MR) is 95.8 cm³/mol. The number of hydrogen-bond acceptors (Lipinski definition) is 6. The number of nitrogens with zero attached hydrogens (tertiary/aromatic N) is 8. The zero-order valence-corrected chi connectivity index (χ0v) is 14.8. The van der Waals surface area contributed by atoms with E-state index in [1.807, 2.05) is 17.6 Å². The van der Waals surface area contributed by atoms with E-state index in [1.54, 1.807) is 6.33 Å². The first-order valence-corrected chi connectivity index (χ1v) is 8.89. The van der Waals surface area contributed by atoms with Crippen molar-refractivity contribution >= 4 is 11.6 Å². The number of anilines is 1. The van der Waals surface area contributed by atoms with Gasteiger partial charge in [0.1, 0.15) is 18.0 Å². The molecule has 3 aromatic heterocycles. The van der Waals surface area contributed by atoms with Crippen LogP contribution in [0.15, 0.2) is 24.8 Å². The van der Waals surface area contributed by atoms with Crippen LogP contribution in [0.25, 0.3) is 5.78 Å². The quantitative estimate of drug-likeness (QED) is 0.691. The van der Waals surface area contributed by atoms with Crippen LogP contribution in [0.2, 0.25) is 0 Å². The molecule has 1 fully saturated rings. The van der Waals surface area contributed by atoms with Gasteiger partial charge in [0.05, 0.1) is 0 Å². The molecule has 132 valence electrons. The minimum Gasteiger partial charge on any atom is -0.354 e. The van der Waals surface area contributed by atoms with E-state index in [4.69, 9.17) is 0 Å². The van der Waals surface area contributed by atoms with E-state index in [2.05, 4.69) is 53.6 Å². The number of imidazole rings is 1. The number of rotatable bonds is 5. The predicted octanol–water partition coefficient (Wildman–Crippen LogP) is 1.01. The molecule has 0 aromatic carbocycles. The standard InChI is InChI=1S/C17H24N8/c1-3-15-18-4-5-23(15)9-6-22-7-10-24(11-8-22)16-12-14(2)21-17-19-13-20-25(16)17/h4-5,12-13H,3,6-11H2,1-2H3. The molecule has 0 amide bonds. The second-order valence-electron chi connectivity index (χ2n) is 6.45. The van der Waals surface area contributed by atoms with Crippen LogP contribution in [0, 0.1) is 6.92 Å². The summed E-state index contributed by atoms with van der Waals surface area (Å²) in [5.74, 6) is 2.92. The van der Waals surface area contributed by atoms with E-state index in [0.29, 0.717) is 5.78 Å². The Kier molecular flexibility index (Phi) is 4.35. The highest BCUT2D eigenvalue weighted by Crippen LogP contribution is 2.17. The molecule has 0 saturated carbocycles. The molecule has 4 heterocycles. The Labute approximate surface area is 147 Å². The summed E-state index contributed by atoms with van der Waals surface area (Å²) >= 11 is 0. The van der Waals surface area contributed by atoms with Gasteiger partial charge in [0, 0.05) is 69.8 Å². The number of hydrogen-bond donors (Lipinski definition) is 0. The summed E-state index contributed by atoms with van der Waals surface area (Å²) in [5.41, 5.74) is 0.977. The molecule has 0 atom stereocenters. The highest BCUT2D eigenvalue weighted by molar-refractivity contribution is 5.47. The van der Waals surface area contributed by atoms with E-state index in [-0.39, 0.29) is 0 Å². The van der Waals surface area contributed by atoms with Gasteiger partial charge in [0.15, 0.2) is 0 Å². The van der Waals surface area contributed by atoms with E-state index in [0.717, 1.165) is 57.2 Å². The van der Waals surface area contributed by atoms with Crippen LogP contribution >= 0.6 is 0 Å². The molecule has 1 saturated heterocycles. The second kappa shape index (κ2) is 6.79. The molecule has 25 heavy (non-hydrogen) atoms. The third kappa shape index (κ3) is 3.21. The van der Waals surface area contributed by atoms with Crippen LogP contribution in [0.5, 0.6) is 0 Å². The Balaban J connectivity index is 1.39. The zero-order chi connectivity index (χ0) is 17.2. The summed E-state index contributed by atoms with van der Waals surface area (Å²) in [4.78, 5) is 17.9. The van der Waals surface area contributed by atoms with Gasteiger partial charge < -0.3 is 9.47 Å². The lowest BCUT2D eigenvalue weighted by Gasteiger charge is -2.36. The molecule has 0 aliphatic carbocycles. The Hall–Kier alpha value is -2.48. The third-order valence-corrected chi connectivity index (χ3v) is 4.83. The largest absolute Gasteiger partial charge is 0.354 e. The van der Waals surface area contributed by atoms with Crippen molar-refractivity contribution in [3.05, 3.63) is 36.3 Å². The van der Waals surface area contributed by atoms with E-state index < -0.39 is 0 Å². The van der Waals surface area contributed by atoms with Crippen LogP contribution in [-0.4, -0.2) is 66.8 Å². The first kappa shape index (κ1) is 16.0. The van der Waals surface area contributed by atoms with Crippen LogP contribution in [0.3, 0.4) is 0 Å². The summed E-state index contributed by atoms with van der Waals surface area (Å²) in [6.45, 7) is 10.3. The fraction of sp³-hybridized carbons (Fsp3) is 0.529. The van der Waals surface area contributed by atoms with Crippen molar-refractivity contribution in [2.24, 2.45) is 0 Å². The molecule has 1 aliphatic rings. The molecule has 0 bridgehead atoms. The highest BCUT2D eigenvalue weighted by Gasteiger charge is 2.20. The molecule has 3 aromatic rings. The van der Waals surface area contributed by atoms with Crippen molar-refractivity contribution in [3.63, 3.8) is 0 Å². The van der Waals surface area contributed by atoms with Gasteiger partial charge in [0.2, 0.25) is 0 Å². The fourth-order valence-electron chi connectivity index (χ4n) is 3.44. The van der Waals surface area contributed by atoms with Crippen molar-refractivity contribution in [3.8, 4) is 0 Å². The smallest absolute Gasteiger partial charge is 0.254 e. The van der Waals surface area contributed by atoms with Gasteiger partial charge in [-0.2, -0.15) is 14.6 Å². The van der Waals surface area contributed by atoms with Crippen LogP contribution in [-0.2, 0) is 13.0 Å². The molecule has 8 heteroatoms. The minimum atomic E-state index is 0.671. The van der Waals surface area contributed by atoms with E-state index in [1.165, 1.54) is 5.82 Å². The van der Waals surface area contributed by atoms with Gasteiger partial charge in [-0.3, -0.25) is 4.90 Å². The fourth-order valence-corrected chi connectivity index (χ4v) is 3.44. The van der Waals surface area contributed by atoms with Gasteiger partial charge in [-0.05, 0) is 6.92 Å². The van der Waals surface area contributed by atoms with Gasteiger partial charge in [-0.15, -0.1) is 0 Å². The monoisotopic (exact) mass is 340 g/mol. The summed E-state index contributed by atoms with van der Waals surface area (Å²) in [6.07, 6.45) is 6.52. The lowest BCUT2D eigenvalue weighted by Crippen LogP contribution is -2.47. The lowest BCUT2D eigenvalue weighted by molar-refractivity contribution is 0.246. The molecule has 0 radical (unpaired) electrons. The molecule has 0 N–H and O–H groups in total. The Morgan fingerprint density at radius 3 is 2.72 bits per heavy atom. The van der Waals surface area contributed by atoms with Crippen molar-refractivity contribution in [2.75, 3.05) is 37.6 Å². The maximum Gasteiger partial charge on any atom is 0.254 e. The SMILES string of the molecule is CCc1nccn1CCN1CCN(c2cc(C)nc3ncnn23)CC1. The Morgan fingerprint density at radius 2 is 1.92 bits per heavy atom. The maximum absolute atomic E-state index is 4.42. The number of fused-ring (bicyclic) bond motifs is 1. The topological polar surface area (TPSA) is 67.4 Å². The van der Waals surface area contributed by atoms with Crippen molar-refractivity contribution in [1.82, 2.24) is 34.0 Å². The normalized spacial score (nSPS) is 16.0. The van der Waals surface area contributed by atoms with Crippen molar-refractivity contribution < 1.29 is 0 Å². The van der Waals surface area contributed by atoms with Crippen LogP contribution in [0.1, 0.15) is 18.4 Å². The first-order chi connectivity index (χ1) is 12.2. The third-order valence-electron chi connectivity index (χ3n) is 4.83. The van der Waals surface area contributed by atoms with Gasteiger partial charge in [-0.25, -0.2) is 9.97 Å². The molecule has 8 nitrogen and oxygen atoms in total. The van der Waals surface area contributed by atoms with Crippen molar-refractivity contribution in [2.45, 2.75) is 26.8 Å². The average Bonchev–Trinajstić information content (AvgIpc) is 3.28. The van der Waals surface area contributed by atoms with Gasteiger partial charge in [-0.1, -0.05) is 6.92 Å². The maximum atomic E-state index is 4.42. The summed E-state index contributed by atoms with van der Waals surface area (Å²) in [7, 11) is 0. The average molecular weight is 340 g/mol. The summed E-state index contributed by atoms with van der Waals surface area (Å²) < 4.78 is 4.10. The lowest BCUT2D eigenvalue weighted by atomic mass is 10.3. The second-order valence-corrected chi connectivity index (χ2v) is 6.45. The molecule has 0 spiro atoms. The van der Waals surface area contributed by atoms with Crippen molar-refractivity contribution in [1.29, 1.82) is 0 Å². The number of piperazine rings is 1. The molecule has 4 rings (SSSR count). The zero-order valence-electron chi connectivity index (χ0n) is 14.8. The molecular formula is C17H24N8. The van der Waals surface area contributed by atoms with E-state index in [9.17, 15) is 0 Å². The Bertz CT molecular complexity index is 843. The van der Waals surface area contributed by atoms with E-state index >= 15 is 0 Å². The molecule has 1 aliphatic heterocycles. The number of aromatic nitrogens is 6. The van der Waals surface area contributed by atoms with Crippen LogP contribution < -0.4 is 4.90 Å². The molecular weight excluding hydrogens is 316 g/mol. The number of aryl methyl sites for hydroxylation is 2. The summed E-state index contributed by atoms with van der Waals surface area (Å²) in [5, 5.41) is 4.32. The van der Waals surface area contributed by atoms with Crippen LogP contribution in [0.4, 0.5) is 5.82 Å².